The summed E-state index contributed by atoms with van der Waals surface area (Å²) in [6, 6.07) is 0.855. The summed E-state index contributed by atoms with van der Waals surface area (Å²) >= 11 is 0. The first-order valence-electron chi connectivity index (χ1n) is 6.84. The number of rotatable bonds is 10. The monoisotopic (exact) mass is 279 g/mol. The lowest BCUT2D eigenvalue weighted by molar-refractivity contribution is -0.107. The highest BCUT2D eigenvalue weighted by molar-refractivity contribution is 6.44. The molecule has 0 aromatic rings. The number of nitrogens with zero attached hydrogens (tertiary/aromatic N) is 1. The Hall–Kier alpha value is 0.0169. The normalized spacial score (nSPS) is 17.2. The van der Waals surface area contributed by atoms with Gasteiger partial charge in [-0.2, -0.15) is 0 Å². The van der Waals surface area contributed by atoms with Crippen LogP contribution in [0, 0.1) is 0 Å². The van der Waals surface area contributed by atoms with E-state index in [0.29, 0.717) is 13.2 Å². The summed E-state index contributed by atoms with van der Waals surface area (Å²) in [5.74, 6) is 0. The minimum atomic E-state index is -1.71. The molecule has 2 N–H and O–H groups in total. The fourth-order valence-corrected chi connectivity index (χ4v) is 4.33. The van der Waals surface area contributed by atoms with Crippen molar-refractivity contribution < 1.29 is 19.1 Å². The first-order chi connectivity index (χ1) is 8.47. The summed E-state index contributed by atoms with van der Waals surface area (Å²) in [7, 11) is -1.71. The second kappa shape index (κ2) is 9.88. The van der Waals surface area contributed by atoms with Crippen molar-refractivity contribution in [3.63, 3.8) is 0 Å². The van der Waals surface area contributed by atoms with E-state index in [1.807, 2.05) is 20.8 Å². The molecular weight excluding hydrogens is 250 g/mol. The van der Waals surface area contributed by atoms with Gasteiger partial charge in [-0.25, -0.2) is 0 Å². The average molecular weight is 279 g/mol. The predicted molar refractivity (Wildman–Crippen MR) is 74.5 cm³/mol. The molecule has 0 saturated heterocycles. The predicted octanol–water partition coefficient (Wildman–Crippen LogP) is 1.04. The molecule has 0 heterocycles. The van der Waals surface area contributed by atoms with Crippen LogP contribution in [-0.4, -0.2) is 56.1 Å². The highest BCUT2D eigenvalue weighted by Gasteiger charge is 2.29. The first kappa shape index (κ1) is 18.0. The van der Waals surface area contributed by atoms with Crippen LogP contribution in [0.5, 0.6) is 0 Å². The summed E-state index contributed by atoms with van der Waals surface area (Å²) in [4.78, 5) is 1.71. The van der Waals surface area contributed by atoms with Gasteiger partial charge in [0, 0.05) is 25.3 Å². The molecule has 0 aromatic carbocycles. The highest BCUT2D eigenvalue weighted by Crippen LogP contribution is 2.17. The minimum absolute atomic E-state index is 0.0831. The van der Waals surface area contributed by atoms with Gasteiger partial charge in [-0.15, -0.1) is 0 Å². The highest BCUT2D eigenvalue weighted by atomic mass is 28.3. The molecule has 0 saturated carbocycles. The molecule has 18 heavy (non-hydrogen) atoms. The zero-order valence-corrected chi connectivity index (χ0v) is 13.5. The number of hydrogen-bond donors (Lipinski definition) is 2. The maximum absolute atomic E-state index is 9.76. The van der Waals surface area contributed by atoms with Gasteiger partial charge in [0.1, 0.15) is 12.5 Å². The molecule has 110 valence electrons. The molecule has 0 aliphatic heterocycles. The van der Waals surface area contributed by atoms with Crippen molar-refractivity contribution in [2.75, 3.05) is 13.2 Å². The number of aliphatic hydroxyl groups excluding tert-OH is 2. The molecule has 0 aliphatic carbocycles. The third kappa shape index (κ3) is 6.26. The van der Waals surface area contributed by atoms with E-state index in [4.69, 9.17) is 8.85 Å². The Morgan fingerprint density at radius 2 is 1.44 bits per heavy atom. The van der Waals surface area contributed by atoms with Gasteiger partial charge in [-0.1, -0.05) is 6.92 Å². The molecule has 0 rings (SSSR count). The maximum atomic E-state index is 9.76. The van der Waals surface area contributed by atoms with Crippen LogP contribution in [0.15, 0.2) is 0 Å². The van der Waals surface area contributed by atoms with Crippen LogP contribution in [0.25, 0.3) is 0 Å². The van der Waals surface area contributed by atoms with Gasteiger partial charge < -0.3 is 19.1 Å². The van der Waals surface area contributed by atoms with Crippen molar-refractivity contribution in [3.8, 4) is 0 Å². The second-order valence-electron chi connectivity index (χ2n) is 4.35. The third-order valence-electron chi connectivity index (χ3n) is 2.93. The Bertz CT molecular complexity index is 191. The molecule has 0 amide bonds. The lowest BCUT2D eigenvalue weighted by Crippen LogP contribution is -2.49. The van der Waals surface area contributed by atoms with Crippen LogP contribution in [-0.2, 0) is 8.85 Å². The summed E-state index contributed by atoms with van der Waals surface area (Å²) in [5.41, 5.74) is 0. The van der Waals surface area contributed by atoms with Crippen LogP contribution in [0.1, 0.15) is 41.0 Å². The Morgan fingerprint density at radius 3 is 1.72 bits per heavy atom. The van der Waals surface area contributed by atoms with E-state index in [0.717, 1.165) is 12.5 Å². The average Bonchev–Trinajstić information content (AvgIpc) is 2.27. The van der Waals surface area contributed by atoms with Crippen LogP contribution in [0.3, 0.4) is 0 Å². The van der Waals surface area contributed by atoms with Gasteiger partial charge in [0.15, 0.2) is 0 Å². The molecule has 6 heteroatoms. The van der Waals surface area contributed by atoms with Crippen LogP contribution < -0.4 is 0 Å². The van der Waals surface area contributed by atoms with Gasteiger partial charge >= 0.3 is 9.28 Å². The Morgan fingerprint density at radius 1 is 1.00 bits per heavy atom. The fraction of sp³-hybridized carbons (Fsp3) is 1.00. The van der Waals surface area contributed by atoms with Gasteiger partial charge in [0.25, 0.3) is 0 Å². The van der Waals surface area contributed by atoms with E-state index in [1.54, 1.807) is 18.7 Å². The Kier molecular flexibility index (Phi) is 9.89. The van der Waals surface area contributed by atoms with Crippen LogP contribution in [0.4, 0.5) is 0 Å². The van der Waals surface area contributed by atoms with Crippen molar-refractivity contribution in [1.82, 2.24) is 4.90 Å². The van der Waals surface area contributed by atoms with E-state index in [-0.39, 0.29) is 6.04 Å². The van der Waals surface area contributed by atoms with Crippen molar-refractivity contribution in [2.45, 2.75) is 65.6 Å². The van der Waals surface area contributed by atoms with Crippen molar-refractivity contribution >= 4 is 9.28 Å². The minimum Gasteiger partial charge on any atom is -0.397 e. The second-order valence-corrected chi connectivity index (χ2v) is 6.35. The van der Waals surface area contributed by atoms with Gasteiger partial charge in [-0.05, 0) is 34.1 Å². The summed E-state index contributed by atoms with van der Waals surface area (Å²) in [5, 5.41) is 19.5. The van der Waals surface area contributed by atoms with Crippen LogP contribution in [0.2, 0.25) is 6.04 Å². The zero-order chi connectivity index (χ0) is 14.1. The van der Waals surface area contributed by atoms with Crippen LogP contribution >= 0.6 is 0 Å². The molecule has 0 radical (unpaired) electrons. The third-order valence-corrected chi connectivity index (χ3v) is 5.26. The Balaban J connectivity index is 4.61. The first-order valence-corrected chi connectivity index (χ1v) is 8.60. The zero-order valence-electron chi connectivity index (χ0n) is 12.3. The smallest absolute Gasteiger partial charge is 0.322 e. The molecule has 0 fully saturated rings. The summed E-state index contributed by atoms with van der Waals surface area (Å²) in [6.07, 6.45) is -0.500. The van der Waals surface area contributed by atoms with Gasteiger partial charge in [0.2, 0.25) is 0 Å². The Labute approximate surface area is 113 Å². The molecule has 3 unspecified atom stereocenters. The molecule has 5 nitrogen and oxygen atoms in total. The lowest BCUT2D eigenvalue weighted by Gasteiger charge is -2.36. The molecule has 0 aliphatic rings. The summed E-state index contributed by atoms with van der Waals surface area (Å²) < 4.78 is 11.3. The molecule has 3 atom stereocenters. The number of aliphatic hydroxyl groups is 2. The van der Waals surface area contributed by atoms with E-state index < -0.39 is 21.7 Å². The van der Waals surface area contributed by atoms with E-state index in [9.17, 15) is 10.2 Å². The van der Waals surface area contributed by atoms with Crippen molar-refractivity contribution in [2.24, 2.45) is 0 Å². The van der Waals surface area contributed by atoms with Gasteiger partial charge in [-0.3, -0.25) is 4.90 Å². The van der Waals surface area contributed by atoms with Gasteiger partial charge in [0.05, 0.1) is 0 Å². The molecule has 0 spiro atoms. The van der Waals surface area contributed by atoms with E-state index in [1.165, 1.54) is 0 Å². The molecule has 0 bridgehead atoms. The largest absolute Gasteiger partial charge is 0.397 e. The molecule has 0 aromatic heterocycles. The lowest BCUT2D eigenvalue weighted by atomic mass is 10.2. The topological polar surface area (TPSA) is 62.2 Å². The maximum Gasteiger partial charge on any atom is 0.322 e. The molecular formula is C12H29NO4Si. The SMILES string of the molecule is CCO[SiH](CC(CC)N(C(C)O)C(C)O)OCC. The van der Waals surface area contributed by atoms with E-state index >= 15 is 0 Å². The quantitative estimate of drug-likeness (QED) is 0.462. The fourth-order valence-electron chi connectivity index (χ4n) is 2.20. The van der Waals surface area contributed by atoms with Crippen molar-refractivity contribution in [3.05, 3.63) is 0 Å². The standard InChI is InChI=1S/C12H29NO4Si/c1-6-12(13(10(4)14)11(5)15)9-18(16-7-2)17-8-3/h10-12,14-15,18H,6-9H2,1-5H3. The van der Waals surface area contributed by atoms with E-state index in [2.05, 4.69) is 0 Å². The van der Waals surface area contributed by atoms with Crippen molar-refractivity contribution in [1.29, 1.82) is 0 Å². The summed E-state index contributed by atoms with van der Waals surface area (Å²) in [6.45, 7) is 10.6. The number of hydrogen-bond acceptors (Lipinski definition) is 5.